The molecule has 52 nitrogen and oxygen atoms in total. The molecule has 0 radical (unpaired) electrons. The standard InChI is InChI=1S/C76H121N25O27/c1-7-35(4)59(73(125)101-60(37(6)103)74(126)97-50(29-55(81)107)71(123)96-49(27-39-31-85-33-87-39)70(122)90-43(12-10-24-86-76(83)84)64(116)98-51(75(127)128)30-56(82)108)100-67(119)46(19-22-58(111)112)93-72(124)52(32-102)99-69(121)48(26-38-13-15-40(104)16-14-38)95-66(118)44(17-20-53(79)105)91-63(115)42(11-8-9-23-77)89-65(117)45(18-21-57(109)110)92-68(120)47(25-34(2)3)94-61(113)36(5)88-62(114)41(78)28-54(80)106/h13-16,31,33-37,41-52,59-60,102-104H,7-12,17-30,32,77-78H2,1-6H3,(H2,79,105)(H2,80,106)(H2,81,107)(H2,82,108)(H,85,87)(H,88,114)(H,89,117)(H,90,122)(H,91,115)(H,92,120)(H,93,124)(H,94,113)(H,95,118)(H,96,123)(H,97,126)(H,98,116)(H,99,121)(H,100,119)(H,101,125)(H,109,110)(H,111,112)(H,127,128)(H4,83,84,86)/t35-,36-,37+,41-,42-,43-,44-,45-,46-,47-,48-,49-,50-,51-,52-,59-,60-/m0/s1. The Hall–Kier alpha value is -13.8. The maximum atomic E-state index is 14.7. The molecule has 18 amide bonds. The number of aromatic amines is 1. The number of aliphatic hydroxyl groups is 2. The Balaban J connectivity index is 2.60. The number of carbonyl (C=O) groups is 21. The highest BCUT2D eigenvalue weighted by Crippen LogP contribution is 2.17. The van der Waals surface area contributed by atoms with E-state index in [-0.39, 0.29) is 81.0 Å². The van der Waals surface area contributed by atoms with Gasteiger partial charge in [0.2, 0.25) is 106 Å². The number of hydrogen-bond acceptors (Lipinski definition) is 28. The molecule has 0 unspecified atom stereocenters. The SMILES string of the molecule is CC[C@H](C)[C@H](NC(=O)[C@H](CCC(=O)O)NC(=O)[C@H](CO)NC(=O)[C@H](Cc1ccc(O)cc1)NC(=O)[C@H](CCC(N)=O)NC(=O)[C@H](CCCCN)NC(=O)[C@H](CCC(=O)O)NC(=O)[C@H](CC(C)C)NC(=O)[C@H](C)NC(=O)[C@@H](N)CC(N)=O)C(=O)N[C@H](C(=O)N[C@@H](CC(N)=O)C(=O)N[C@@H](Cc1cnc[nH]1)C(=O)N[C@@H](CCCNC(=N)N)C(=O)N[C@@H](CC(N)=O)C(=O)O)[C@@H](C)O. The Morgan fingerprint density at radius 2 is 0.836 bits per heavy atom. The maximum absolute atomic E-state index is 14.7. The number of nitrogens with one attached hydrogen (secondary N) is 17. The molecule has 0 aliphatic rings. The van der Waals surface area contributed by atoms with E-state index in [4.69, 9.17) is 45.5 Å². The maximum Gasteiger partial charge on any atom is 0.326 e. The molecule has 712 valence electrons. The molecule has 0 saturated carbocycles. The number of amides is 18. The average Bonchev–Trinajstić information content (AvgIpc) is 1.07. The lowest BCUT2D eigenvalue weighted by Crippen LogP contribution is -2.63. The fourth-order valence-corrected chi connectivity index (χ4v) is 12.1. The Bertz CT molecular complexity index is 4190. The van der Waals surface area contributed by atoms with Crippen LogP contribution in [-0.4, -0.2) is 287 Å². The van der Waals surface area contributed by atoms with Crippen molar-refractivity contribution in [3.8, 4) is 5.75 Å². The number of hydrogen-bond donors (Lipinski definition) is 30. The highest BCUT2D eigenvalue weighted by Gasteiger charge is 2.41. The number of carboxylic acids is 3. The number of aliphatic hydroxyl groups excluding tert-OH is 2. The summed E-state index contributed by atoms with van der Waals surface area (Å²) < 4.78 is 0. The van der Waals surface area contributed by atoms with Crippen molar-refractivity contribution in [1.82, 2.24) is 89.7 Å². The number of rotatable bonds is 62. The number of phenolic OH excluding ortho intramolecular Hbond substituents is 1. The van der Waals surface area contributed by atoms with Crippen LogP contribution in [0.4, 0.5) is 0 Å². The molecule has 1 heterocycles. The van der Waals surface area contributed by atoms with Gasteiger partial charge in [-0.2, -0.15) is 0 Å². The van der Waals surface area contributed by atoms with E-state index in [0.29, 0.717) is 0 Å². The summed E-state index contributed by atoms with van der Waals surface area (Å²) >= 11 is 0. The van der Waals surface area contributed by atoms with Crippen molar-refractivity contribution in [2.45, 2.75) is 254 Å². The van der Waals surface area contributed by atoms with Crippen LogP contribution in [-0.2, 0) is 114 Å². The first-order valence-electron chi connectivity index (χ1n) is 40.6. The van der Waals surface area contributed by atoms with Gasteiger partial charge in [-0.25, -0.2) is 9.78 Å². The number of carbonyl (C=O) groups excluding carboxylic acids is 18. The predicted octanol–water partition coefficient (Wildman–Crippen LogP) is -11.4. The number of benzene rings is 1. The molecule has 0 aliphatic heterocycles. The summed E-state index contributed by atoms with van der Waals surface area (Å²) in [6.45, 7) is 7.17. The van der Waals surface area contributed by atoms with Gasteiger partial charge in [0.25, 0.3) is 0 Å². The second-order valence-corrected chi connectivity index (χ2v) is 30.6. The van der Waals surface area contributed by atoms with Gasteiger partial charge in [0, 0.05) is 50.5 Å². The largest absolute Gasteiger partial charge is 0.508 e. The Kier molecular flexibility index (Phi) is 48.4. The van der Waals surface area contributed by atoms with Gasteiger partial charge in [-0.05, 0) is 108 Å². The zero-order valence-electron chi connectivity index (χ0n) is 71.5. The number of phenols is 1. The first kappa shape index (κ1) is 110. The number of nitrogens with zero attached hydrogens (tertiary/aromatic N) is 1. The summed E-state index contributed by atoms with van der Waals surface area (Å²) in [7, 11) is 0. The number of primary amides is 4. The van der Waals surface area contributed by atoms with Crippen molar-refractivity contribution in [2.75, 3.05) is 19.7 Å². The smallest absolute Gasteiger partial charge is 0.326 e. The molecule has 0 fully saturated rings. The van der Waals surface area contributed by atoms with E-state index in [0.717, 1.165) is 6.92 Å². The fraction of sp³-hybridized carbons (Fsp3) is 0.592. The number of aromatic nitrogens is 2. The first-order valence-corrected chi connectivity index (χ1v) is 40.6. The summed E-state index contributed by atoms with van der Waals surface area (Å²) in [4.78, 5) is 289. The Morgan fingerprint density at radius 1 is 0.438 bits per heavy atom. The van der Waals surface area contributed by atoms with E-state index in [1.54, 1.807) is 13.8 Å². The number of nitrogens with two attached hydrogens (primary N) is 7. The second-order valence-electron chi connectivity index (χ2n) is 30.6. The van der Waals surface area contributed by atoms with E-state index >= 15 is 0 Å². The molecule has 52 heteroatoms. The van der Waals surface area contributed by atoms with Gasteiger partial charge in [0.1, 0.15) is 90.3 Å². The molecule has 2 rings (SSSR count). The molecule has 128 heavy (non-hydrogen) atoms. The van der Waals surface area contributed by atoms with Crippen molar-refractivity contribution < 1.29 is 131 Å². The Labute approximate surface area is 733 Å². The van der Waals surface area contributed by atoms with Crippen molar-refractivity contribution in [2.24, 2.45) is 52.0 Å². The van der Waals surface area contributed by atoms with Crippen LogP contribution in [0.15, 0.2) is 36.8 Å². The molecule has 0 saturated heterocycles. The van der Waals surface area contributed by atoms with Gasteiger partial charge in [-0.15, -0.1) is 0 Å². The predicted molar refractivity (Wildman–Crippen MR) is 446 cm³/mol. The topological polar surface area (TPSA) is 895 Å². The molecule has 1 aromatic heterocycles. The molecule has 17 atom stereocenters. The second kappa shape index (κ2) is 56.2. The van der Waals surface area contributed by atoms with E-state index in [2.05, 4.69) is 89.7 Å². The number of carboxylic acid groups (broad SMARTS) is 3. The third kappa shape index (κ3) is 41.8. The molecule has 37 N–H and O–H groups in total. The number of aromatic hydroxyl groups is 1. The minimum absolute atomic E-state index is 0.0249. The highest BCUT2D eigenvalue weighted by atomic mass is 16.4. The number of guanidine groups is 1. The first-order chi connectivity index (χ1) is 60.0. The van der Waals surface area contributed by atoms with E-state index in [1.807, 2.05) is 0 Å². The zero-order valence-corrected chi connectivity index (χ0v) is 71.5. The monoisotopic (exact) mass is 1820 g/mol. The fourth-order valence-electron chi connectivity index (χ4n) is 12.1. The molecule has 0 aliphatic carbocycles. The average molecular weight is 1820 g/mol. The van der Waals surface area contributed by atoms with Crippen LogP contribution in [0, 0.1) is 17.2 Å². The minimum Gasteiger partial charge on any atom is -0.508 e. The third-order valence-corrected chi connectivity index (χ3v) is 19.3. The Morgan fingerprint density at radius 3 is 1.27 bits per heavy atom. The van der Waals surface area contributed by atoms with E-state index in [9.17, 15) is 131 Å². The number of H-pyrrole nitrogens is 1. The number of imidazole rings is 1. The summed E-state index contributed by atoms with van der Waals surface area (Å²) in [6.07, 6.45) is -7.72. The quantitative estimate of drug-likeness (QED) is 0.0166. The third-order valence-electron chi connectivity index (χ3n) is 19.3. The van der Waals surface area contributed by atoms with Crippen LogP contribution >= 0.6 is 0 Å². The van der Waals surface area contributed by atoms with Crippen LogP contribution in [0.1, 0.15) is 156 Å². The lowest BCUT2D eigenvalue weighted by Gasteiger charge is -2.30. The van der Waals surface area contributed by atoms with E-state index < -0.39 is 310 Å². The van der Waals surface area contributed by atoms with Crippen LogP contribution in [0.3, 0.4) is 0 Å². The van der Waals surface area contributed by atoms with E-state index in [1.165, 1.54) is 57.6 Å². The van der Waals surface area contributed by atoms with Gasteiger partial charge in [0.05, 0.1) is 44.3 Å². The van der Waals surface area contributed by atoms with Crippen LogP contribution in [0.25, 0.3) is 0 Å². The number of unbranched alkanes of at least 4 members (excludes halogenated alkanes) is 1. The van der Waals surface area contributed by atoms with Crippen molar-refractivity contribution >= 4 is 130 Å². The van der Waals surface area contributed by atoms with Gasteiger partial charge in [0.15, 0.2) is 5.96 Å². The lowest BCUT2D eigenvalue weighted by molar-refractivity contribution is -0.144. The molecule has 2 aromatic rings. The molecule has 0 spiro atoms. The van der Waals surface area contributed by atoms with Crippen LogP contribution in [0.5, 0.6) is 5.75 Å². The van der Waals surface area contributed by atoms with Gasteiger partial charge in [-0.3, -0.25) is 101 Å². The van der Waals surface area contributed by atoms with Gasteiger partial charge < -0.3 is 156 Å². The van der Waals surface area contributed by atoms with Crippen molar-refractivity contribution in [1.29, 1.82) is 5.41 Å². The summed E-state index contributed by atoms with van der Waals surface area (Å²) in [5, 5.41) is 104. The minimum atomic E-state index is -2.13. The van der Waals surface area contributed by atoms with Crippen LogP contribution < -0.4 is 120 Å². The van der Waals surface area contributed by atoms with Crippen molar-refractivity contribution in [3.05, 3.63) is 48.0 Å². The van der Waals surface area contributed by atoms with Crippen molar-refractivity contribution in [3.63, 3.8) is 0 Å². The zero-order chi connectivity index (χ0) is 96.9. The van der Waals surface area contributed by atoms with Crippen LogP contribution in [0.2, 0.25) is 0 Å². The molecule has 1 aromatic carbocycles. The lowest BCUT2D eigenvalue weighted by atomic mass is 9.96. The molecular weight excluding hydrogens is 1690 g/mol. The molecular formula is C76H121N25O27. The summed E-state index contributed by atoms with van der Waals surface area (Å²) in [6, 6.07) is -21.9. The molecule has 0 bridgehead atoms. The summed E-state index contributed by atoms with van der Waals surface area (Å²) in [5.74, 6) is -27.9. The highest BCUT2D eigenvalue weighted by molar-refractivity contribution is 6.02. The van der Waals surface area contributed by atoms with Gasteiger partial charge >= 0.3 is 17.9 Å². The summed E-state index contributed by atoms with van der Waals surface area (Å²) in [5.41, 5.74) is 38.5. The van der Waals surface area contributed by atoms with Gasteiger partial charge in [-0.1, -0.05) is 46.2 Å². The number of aliphatic carboxylic acids is 3. The normalized spacial score (nSPS) is 15.0.